The Kier molecular flexibility index (Phi) is 3.32. The molecule has 2 heterocycles. The largest absolute Gasteiger partial charge is 0.496 e. The average Bonchev–Trinajstić information content (AvgIpc) is 2.97. The van der Waals surface area contributed by atoms with Crippen LogP contribution in [-0.2, 0) is 0 Å². The van der Waals surface area contributed by atoms with E-state index in [1.807, 2.05) is 25.1 Å². The van der Waals surface area contributed by atoms with E-state index >= 15 is 0 Å². The number of fused-ring (bicyclic) bond motifs is 1. The lowest BCUT2D eigenvalue weighted by molar-refractivity contribution is 0.412. The van der Waals surface area contributed by atoms with Gasteiger partial charge in [-0.05, 0) is 37.6 Å². The zero-order valence-corrected chi connectivity index (χ0v) is 12.8. The Morgan fingerprint density at radius 3 is 2.71 bits per heavy atom. The van der Waals surface area contributed by atoms with Crippen LogP contribution in [0.1, 0.15) is 16.8 Å². The predicted molar refractivity (Wildman–Crippen MR) is 83.6 cm³/mol. The number of thiazole rings is 1. The van der Waals surface area contributed by atoms with Gasteiger partial charge in [-0.2, -0.15) is 5.26 Å². The van der Waals surface area contributed by atoms with Gasteiger partial charge in [-0.25, -0.2) is 9.97 Å². The summed E-state index contributed by atoms with van der Waals surface area (Å²) in [5.74, 6) is 0.823. The molecule has 2 aromatic heterocycles. The van der Waals surface area contributed by atoms with Gasteiger partial charge in [0, 0.05) is 16.3 Å². The quantitative estimate of drug-likeness (QED) is 0.720. The molecular weight excluding hydrogens is 282 g/mol. The van der Waals surface area contributed by atoms with Crippen LogP contribution in [-0.4, -0.2) is 17.1 Å². The fourth-order valence-electron chi connectivity index (χ4n) is 2.35. The number of hydrogen-bond donors (Lipinski definition) is 0. The van der Waals surface area contributed by atoms with Crippen LogP contribution in [0.15, 0.2) is 23.6 Å². The van der Waals surface area contributed by atoms with Crippen LogP contribution >= 0.6 is 11.3 Å². The molecule has 4 nitrogen and oxygen atoms in total. The van der Waals surface area contributed by atoms with Gasteiger partial charge in [0.25, 0.3) is 0 Å². The van der Waals surface area contributed by atoms with Gasteiger partial charge >= 0.3 is 0 Å². The van der Waals surface area contributed by atoms with Crippen LogP contribution in [0.25, 0.3) is 21.6 Å². The van der Waals surface area contributed by atoms with E-state index < -0.39 is 0 Å². The molecule has 3 aromatic rings. The number of benzene rings is 1. The normalized spacial score (nSPS) is 10.6. The summed E-state index contributed by atoms with van der Waals surface area (Å²) in [5, 5.41) is 12.5. The molecule has 104 valence electrons. The van der Waals surface area contributed by atoms with Gasteiger partial charge in [-0.3, -0.25) is 0 Å². The van der Waals surface area contributed by atoms with E-state index in [9.17, 15) is 0 Å². The molecule has 0 N–H and O–H groups in total. The van der Waals surface area contributed by atoms with Gasteiger partial charge in [0.05, 0.1) is 18.3 Å². The fourth-order valence-corrected chi connectivity index (χ4v) is 3.06. The number of ether oxygens (including phenoxy) is 1. The van der Waals surface area contributed by atoms with Crippen LogP contribution in [0.4, 0.5) is 0 Å². The summed E-state index contributed by atoms with van der Waals surface area (Å²) in [6.07, 6.45) is 0. The topological polar surface area (TPSA) is 58.8 Å². The molecule has 0 aliphatic carbocycles. The first-order valence-electron chi connectivity index (χ1n) is 6.45. The number of nitrogens with zero attached hydrogens (tertiary/aromatic N) is 3. The molecule has 1 aromatic carbocycles. The summed E-state index contributed by atoms with van der Waals surface area (Å²) in [4.78, 5) is 9.00. The van der Waals surface area contributed by atoms with Crippen LogP contribution < -0.4 is 4.74 Å². The van der Waals surface area contributed by atoms with E-state index in [2.05, 4.69) is 18.0 Å². The number of pyridine rings is 1. The standard InChI is InChI=1S/C16H13N3OS/c1-9-6-13(16-18-11(7-17)8-21-16)19-15-10(2)14(20-3)5-4-12(9)15/h4-6,8H,1-3H3. The molecule has 0 bridgehead atoms. The molecule has 0 radical (unpaired) electrons. The van der Waals surface area contributed by atoms with Crippen LogP contribution in [0.3, 0.4) is 0 Å². The lowest BCUT2D eigenvalue weighted by Crippen LogP contribution is -1.94. The second-order valence-corrected chi connectivity index (χ2v) is 5.62. The summed E-state index contributed by atoms with van der Waals surface area (Å²) in [6, 6.07) is 8.04. The van der Waals surface area contributed by atoms with E-state index in [0.29, 0.717) is 5.69 Å². The van der Waals surface area contributed by atoms with Crippen molar-refractivity contribution in [2.24, 2.45) is 0 Å². The Labute approximate surface area is 126 Å². The first-order chi connectivity index (χ1) is 10.1. The minimum atomic E-state index is 0.428. The monoisotopic (exact) mass is 295 g/mol. The van der Waals surface area contributed by atoms with E-state index in [-0.39, 0.29) is 0 Å². The lowest BCUT2D eigenvalue weighted by Gasteiger charge is -2.10. The van der Waals surface area contributed by atoms with Crippen molar-refractivity contribution in [1.29, 1.82) is 5.26 Å². The Bertz CT molecular complexity index is 877. The van der Waals surface area contributed by atoms with Crippen molar-refractivity contribution >= 4 is 22.2 Å². The number of aryl methyl sites for hydroxylation is 2. The zero-order chi connectivity index (χ0) is 15.0. The number of hydrogen-bond acceptors (Lipinski definition) is 5. The molecule has 0 spiro atoms. The Morgan fingerprint density at radius 2 is 2.05 bits per heavy atom. The van der Waals surface area contributed by atoms with Gasteiger partial charge in [0.2, 0.25) is 0 Å². The minimum absolute atomic E-state index is 0.428. The van der Waals surface area contributed by atoms with Gasteiger partial charge in [0.1, 0.15) is 16.8 Å². The zero-order valence-electron chi connectivity index (χ0n) is 12.0. The number of rotatable bonds is 2. The second-order valence-electron chi connectivity index (χ2n) is 4.76. The van der Waals surface area contributed by atoms with E-state index in [1.54, 1.807) is 12.5 Å². The first kappa shape index (κ1) is 13.5. The van der Waals surface area contributed by atoms with Crippen LogP contribution in [0, 0.1) is 25.2 Å². The third-order valence-electron chi connectivity index (χ3n) is 3.45. The molecule has 0 saturated heterocycles. The molecule has 0 fully saturated rings. The average molecular weight is 295 g/mol. The number of nitriles is 1. The minimum Gasteiger partial charge on any atom is -0.496 e. The highest BCUT2D eigenvalue weighted by Crippen LogP contribution is 2.31. The van der Waals surface area contributed by atoms with Crippen molar-refractivity contribution in [2.75, 3.05) is 7.11 Å². The van der Waals surface area contributed by atoms with Crippen molar-refractivity contribution in [3.05, 3.63) is 40.4 Å². The fraction of sp³-hybridized carbons (Fsp3) is 0.188. The third-order valence-corrected chi connectivity index (χ3v) is 4.31. The maximum Gasteiger partial charge on any atom is 0.152 e. The van der Waals surface area contributed by atoms with E-state index in [4.69, 9.17) is 15.0 Å². The maximum absolute atomic E-state index is 8.89. The van der Waals surface area contributed by atoms with Crippen molar-refractivity contribution in [3.63, 3.8) is 0 Å². The van der Waals surface area contributed by atoms with Crippen LogP contribution in [0.5, 0.6) is 5.75 Å². The Morgan fingerprint density at radius 1 is 1.24 bits per heavy atom. The highest BCUT2D eigenvalue weighted by atomic mass is 32.1. The highest BCUT2D eigenvalue weighted by Gasteiger charge is 2.12. The molecule has 0 aliphatic rings. The second kappa shape index (κ2) is 5.15. The SMILES string of the molecule is COc1ccc2c(C)cc(-c3nc(C#N)cs3)nc2c1C. The van der Waals surface area contributed by atoms with Crippen LogP contribution in [0.2, 0.25) is 0 Å². The van der Waals surface area contributed by atoms with Gasteiger partial charge in [-0.15, -0.1) is 11.3 Å². The first-order valence-corrected chi connectivity index (χ1v) is 7.33. The molecule has 3 rings (SSSR count). The molecule has 0 amide bonds. The van der Waals surface area contributed by atoms with E-state index in [1.165, 1.54) is 11.3 Å². The van der Waals surface area contributed by atoms with Crippen molar-refractivity contribution in [3.8, 4) is 22.5 Å². The molecule has 5 heteroatoms. The predicted octanol–water partition coefficient (Wildman–Crippen LogP) is 3.86. The third kappa shape index (κ3) is 2.24. The number of aromatic nitrogens is 2. The van der Waals surface area contributed by atoms with Crippen molar-refractivity contribution in [2.45, 2.75) is 13.8 Å². The van der Waals surface area contributed by atoms with E-state index in [0.717, 1.165) is 38.5 Å². The summed E-state index contributed by atoms with van der Waals surface area (Å²) in [5.41, 5.74) is 4.28. The molecule has 21 heavy (non-hydrogen) atoms. The maximum atomic E-state index is 8.89. The molecule has 0 saturated carbocycles. The lowest BCUT2D eigenvalue weighted by atomic mass is 10.0. The summed E-state index contributed by atoms with van der Waals surface area (Å²) in [6.45, 7) is 4.05. The number of methoxy groups -OCH3 is 1. The molecule has 0 unspecified atom stereocenters. The van der Waals surface area contributed by atoms with Gasteiger partial charge in [-0.1, -0.05) is 0 Å². The molecule has 0 atom stereocenters. The summed E-state index contributed by atoms with van der Waals surface area (Å²) in [7, 11) is 1.66. The molecular formula is C16H13N3OS. The Balaban J connectivity index is 2.26. The van der Waals surface area contributed by atoms with Crippen molar-refractivity contribution in [1.82, 2.24) is 9.97 Å². The Hall–Kier alpha value is -2.45. The van der Waals surface area contributed by atoms with Gasteiger partial charge in [0.15, 0.2) is 5.69 Å². The van der Waals surface area contributed by atoms with Crippen molar-refractivity contribution < 1.29 is 4.74 Å². The summed E-state index contributed by atoms with van der Waals surface area (Å²) >= 11 is 1.43. The summed E-state index contributed by atoms with van der Waals surface area (Å²) < 4.78 is 5.36. The smallest absolute Gasteiger partial charge is 0.152 e. The highest BCUT2D eigenvalue weighted by molar-refractivity contribution is 7.13. The van der Waals surface area contributed by atoms with Gasteiger partial charge < -0.3 is 4.74 Å². The molecule has 0 aliphatic heterocycles.